The van der Waals surface area contributed by atoms with Gasteiger partial charge in [-0.2, -0.15) is 0 Å². The van der Waals surface area contributed by atoms with Crippen LogP contribution in [0.5, 0.6) is 0 Å². The first-order valence-corrected chi connectivity index (χ1v) is 4.95. The molecule has 0 bridgehead atoms. The summed E-state index contributed by atoms with van der Waals surface area (Å²) in [4.78, 5) is 0. The maximum absolute atomic E-state index is 7.34. The molecule has 0 fully saturated rings. The lowest BCUT2D eigenvalue weighted by Gasteiger charge is -2.03. The predicted molar refractivity (Wildman–Crippen MR) is 58.9 cm³/mol. The molecule has 1 aromatic carbocycles. The molecule has 0 aliphatic rings. The van der Waals surface area contributed by atoms with Gasteiger partial charge in [0.2, 0.25) is 0 Å². The lowest BCUT2D eigenvalue weighted by atomic mass is 10.1. The summed E-state index contributed by atoms with van der Waals surface area (Å²) in [6.45, 7) is 2.15. The van der Waals surface area contributed by atoms with Crippen molar-refractivity contribution >= 4 is 5.90 Å². The maximum Gasteiger partial charge on any atom is 0.180 e. The Balaban J connectivity index is 2.47. The standard InChI is InChI=1S/C12H17NO/c1-3-10-4-6-11(7-5-10)8-9-12(13)14-2/h4-7,13H,3,8-9H2,1-2H3. The van der Waals surface area contributed by atoms with Gasteiger partial charge in [-0.1, -0.05) is 31.2 Å². The van der Waals surface area contributed by atoms with Crippen LogP contribution in [0.3, 0.4) is 0 Å². The molecule has 0 aliphatic carbocycles. The van der Waals surface area contributed by atoms with Crippen LogP contribution in [0.2, 0.25) is 0 Å². The highest BCUT2D eigenvalue weighted by molar-refractivity contribution is 5.72. The van der Waals surface area contributed by atoms with Crippen LogP contribution >= 0.6 is 0 Å². The Labute approximate surface area is 85.4 Å². The molecule has 0 atom stereocenters. The molecular weight excluding hydrogens is 174 g/mol. The van der Waals surface area contributed by atoms with Gasteiger partial charge in [-0.25, -0.2) is 0 Å². The predicted octanol–water partition coefficient (Wildman–Crippen LogP) is 2.81. The molecule has 0 radical (unpaired) electrons. The molecule has 0 saturated heterocycles. The van der Waals surface area contributed by atoms with Gasteiger partial charge in [0.05, 0.1) is 7.11 Å². The maximum atomic E-state index is 7.34. The molecule has 1 aromatic rings. The van der Waals surface area contributed by atoms with E-state index in [4.69, 9.17) is 10.1 Å². The average Bonchev–Trinajstić information content (AvgIpc) is 2.26. The van der Waals surface area contributed by atoms with Gasteiger partial charge < -0.3 is 4.74 Å². The summed E-state index contributed by atoms with van der Waals surface area (Å²) in [5.74, 6) is 0.351. The zero-order valence-electron chi connectivity index (χ0n) is 8.84. The van der Waals surface area contributed by atoms with Crippen LogP contribution in [0.15, 0.2) is 24.3 Å². The van der Waals surface area contributed by atoms with E-state index >= 15 is 0 Å². The van der Waals surface area contributed by atoms with E-state index in [0.717, 1.165) is 12.8 Å². The third-order valence-electron chi connectivity index (χ3n) is 2.32. The number of nitrogens with one attached hydrogen (secondary N) is 1. The summed E-state index contributed by atoms with van der Waals surface area (Å²) in [5, 5.41) is 7.34. The second-order valence-electron chi connectivity index (χ2n) is 3.30. The number of methoxy groups -OCH3 is 1. The van der Waals surface area contributed by atoms with Crippen molar-refractivity contribution in [2.24, 2.45) is 0 Å². The highest BCUT2D eigenvalue weighted by atomic mass is 16.5. The van der Waals surface area contributed by atoms with E-state index in [1.165, 1.54) is 11.1 Å². The van der Waals surface area contributed by atoms with Gasteiger partial charge in [-0.15, -0.1) is 0 Å². The van der Waals surface area contributed by atoms with E-state index in [9.17, 15) is 0 Å². The van der Waals surface area contributed by atoms with E-state index < -0.39 is 0 Å². The van der Waals surface area contributed by atoms with E-state index in [1.807, 2.05) is 0 Å². The lowest BCUT2D eigenvalue weighted by Crippen LogP contribution is -2.00. The zero-order chi connectivity index (χ0) is 10.4. The summed E-state index contributed by atoms with van der Waals surface area (Å²) in [7, 11) is 1.54. The molecular formula is C12H17NO. The number of aryl methyl sites for hydroxylation is 2. The van der Waals surface area contributed by atoms with Crippen molar-refractivity contribution in [3.8, 4) is 0 Å². The van der Waals surface area contributed by atoms with Crippen LogP contribution in [0, 0.1) is 5.41 Å². The molecule has 0 aromatic heterocycles. The number of hydrogen-bond acceptors (Lipinski definition) is 2. The molecule has 0 unspecified atom stereocenters. The van der Waals surface area contributed by atoms with Crippen LogP contribution in [0.25, 0.3) is 0 Å². The monoisotopic (exact) mass is 191 g/mol. The fraction of sp³-hybridized carbons (Fsp3) is 0.417. The third kappa shape index (κ3) is 3.21. The molecule has 0 spiro atoms. The highest BCUT2D eigenvalue weighted by Gasteiger charge is 1.97. The number of rotatable bonds is 4. The van der Waals surface area contributed by atoms with E-state index in [0.29, 0.717) is 12.3 Å². The SMILES string of the molecule is CCc1ccc(CCC(=N)OC)cc1. The van der Waals surface area contributed by atoms with Crippen LogP contribution in [0.1, 0.15) is 24.5 Å². The molecule has 0 aliphatic heterocycles. The van der Waals surface area contributed by atoms with E-state index in [2.05, 4.69) is 31.2 Å². The molecule has 1 N–H and O–H groups in total. The van der Waals surface area contributed by atoms with Crippen molar-refractivity contribution in [3.05, 3.63) is 35.4 Å². The molecule has 2 nitrogen and oxygen atoms in total. The molecule has 1 rings (SSSR count). The van der Waals surface area contributed by atoms with Crippen molar-refractivity contribution in [2.75, 3.05) is 7.11 Å². The second-order valence-corrected chi connectivity index (χ2v) is 3.30. The Morgan fingerprint density at radius 3 is 2.29 bits per heavy atom. The minimum absolute atomic E-state index is 0.351. The molecule has 0 heterocycles. The van der Waals surface area contributed by atoms with Gasteiger partial charge in [0.25, 0.3) is 0 Å². The van der Waals surface area contributed by atoms with Crippen molar-refractivity contribution in [1.82, 2.24) is 0 Å². The topological polar surface area (TPSA) is 33.1 Å². The number of benzene rings is 1. The molecule has 0 saturated carbocycles. The molecule has 76 valence electrons. The average molecular weight is 191 g/mol. The second kappa shape index (κ2) is 5.43. The summed E-state index contributed by atoms with van der Waals surface area (Å²) in [6, 6.07) is 8.54. The molecule has 0 amide bonds. The first kappa shape index (κ1) is 10.8. The Bertz CT molecular complexity index is 290. The first-order chi connectivity index (χ1) is 6.76. The first-order valence-electron chi connectivity index (χ1n) is 4.95. The summed E-state index contributed by atoms with van der Waals surface area (Å²) >= 11 is 0. The number of ether oxygens (including phenoxy) is 1. The van der Waals surface area contributed by atoms with Gasteiger partial charge in [0.1, 0.15) is 0 Å². The Morgan fingerprint density at radius 2 is 1.79 bits per heavy atom. The van der Waals surface area contributed by atoms with Crippen molar-refractivity contribution in [2.45, 2.75) is 26.2 Å². The summed E-state index contributed by atoms with van der Waals surface area (Å²) in [5.41, 5.74) is 2.62. The van der Waals surface area contributed by atoms with Crippen molar-refractivity contribution < 1.29 is 4.74 Å². The quantitative estimate of drug-likeness (QED) is 0.576. The fourth-order valence-corrected chi connectivity index (χ4v) is 1.30. The van der Waals surface area contributed by atoms with Crippen molar-refractivity contribution in [3.63, 3.8) is 0 Å². The third-order valence-corrected chi connectivity index (χ3v) is 2.32. The van der Waals surface area contributed by atoms with Gasteiger partial charge in [0, 0.05) is 6.42 Å². The van der Waals surface area contributed by atoms with Crippen LogP contribution in [-0.2, 0) is 17.6 Å². The smallest absolute Gasteiger partial charge is 0.180 e. The van der Waals surface area contributed by atoms with Crippen LogP contribution in [0.4, 0.5) is 0 Å². The van der Waals surface area contributed by atoms with Crippen LogP contribution in [-0.4, -0.2) is 13.0 Å². The molecule has 2 heteroatoms. The minimum atomic E-state index is 0.351. The Hall–Kier alpha value is -1.31. The normalized spacial score (nSPS) is 9.86. The fourth-order valence-electron chi connectivity index (χ4n) is 1.30. The Morgan fingerprint density at radius 1 is 1.21 bits per heavy atom. The van der Waals surface area contributed by atoms with Crippen LogP contribution < -0.4 is 0 Å². The molecule has 14 heavy (non-hydrogen) atoms. The Kier molecular flexibility index (Phi) is 4.17. The van der Waals surface area contributed by atoms with Gasteiger partial charge in [-0.3, -0.25) is 5.41 Å². The van der Waals surface area contributed by atoms with Crippen molar-refractivity contribution in [1.29, 1.82) is 5.41 Å². The minimum Gasteiger partial charge on any atom is -0.484 e. The largest absolute Gasteiger partial charge is 0.484 e. The zero-order valence-corrected chi connectivity index (χ0v) is 8.84. The van der Waals surface area contributed by atoms with Gasteiger partial charge in [-0.05, 0) is 24.0 Å². The summed E-state index contributed by atoms with van der Waals surface area (Å²) < 4.78 is 4.80. The van der Waals surface area contributed by atoms with Gasteiger partial charge >= 0.3 is 0 Å². The lowest BCUT2D eigenvalue weighted by molar-refractivity contribution is 0.386. The van der Waals surface area contributed by atoms with E-state index in [-0.39, 0.29) is 0 Å². The number of hydrogen-bond donors (Lipinski definition) is 1. The highest BCUT2D eigenvalue weighted by Crippen LogP contribution is 2.07. The summed E-state index contributed by atoms with van der Waals surface area (Å²) in [6.07, 6.45) is 2.65. The van der Waals surface area contributed by atoms with E-state index in [1.54, 1.807) is 7.11 Å². The van der Waals surface area contributed by atoms with Gasteiger partial charge in [0.15, 0.2) is 5.90 Å².